The zero-order valence-corrected chi connectivity index (χ0v) is 21.0. The van der Waals surface area contributed by atoms with E-state index in [0.29, 0.717) is 26.1 Å². The maximum Gasteiger partial charge on any atom is 0.223 e. The molecule has 1 heterocycles. The van der Waals surface area contributed by atoms with Crippen molar-refractivity contribution in [1.82, 2.24) is 9.88 Å². The van der Waals surface area contributed by atoms with Gasteiger partial charge in [0, 0.05) is 36.6 Å². The summed E-state index contributed by atoms with van der Waals surface area (Å²) in [6.45, 7) is 1.78. The van der Waals surface area contributed by atoms with Crippen molar-refractivity contribution in [3.63, 3.8) is 0 Å². The summed E-state index contributed by atoms with van der Waals surface area (Å²) < 4.78 is 5.94. The molecule has 0 aliphatic heterocycles. The minimum Gasteiger partial charge on any atom is -0.489 e. The first-order valence-corrected chi connectivity index (χ1v) is 12.9. The second-order valence-corrected chi connectivity index (χ2v) is 9.33. The molecule has 0 atom stereocenters. The van der Waals surface area contributed by atoms with E-state index in [1.165, 1.54) is 16.5 Å². The summed E-state index contributed by atoms with van der Waals surface area (Å²) in [6, 6.07) is 36.8. The second kappa shape index (κ2) is 12.1. The van der Waals surface area contributed by atoms with Gasteiger partial charge in [0.25, 0.3) is 0 Å². The van der Waals surface area contributed by atoms with E-state index in [1.807, 2.05) is 59.5 Å². The first-order valence-electron chi connectivity index (χ1n) is 12.9. The van der Waals surface area contributed by atoms with Gasteiger partial charge in [-0.3, -0.25) is 4.79 Å². The van der Waals surface area contributed by atoms with Gasteiger partial charge in [-0.2, -0.15) is 0 Å². The summed E-state index contributed by atoms with van der Waals surface area (Å²) in [4.78, 5) is 18.7. The number of para-hydroxylation sites is 1. The van der Waals surface area contributed by atoms with Crippen molar-refractivity contribution in [1.29, 1.82) is 0 Å². The number of hydrogen-bond acceptors (Lipinski definition) is 2. The molecule has 186 valence electrons. The number of H-pyrrole nitrogens is 1. The summed E-state index contributed by atoms with van der Waals surface area (Å²) in [5, 5.41) is 1.22. The van der Waals surface area contributed by atoms with E-state index >= 15 is 0 Å². The van der Waals surface area contributed by atoms with Gasteiger partial charge in [0.15, 0.2) is 0 Å². The monoisotopic (exact) mass is 488 g/mol. The number of aromatic amines is 1. The van der Waals surface area contributed by atoms with Crippen molar-refractivity contribution < 1.29 is 9.53 Å². The number of carbonyl (C=O) groups is 1. The molecule has 4 nitrogen and oxygen atoms in total. The van der Waals surface area contributed by atoms with Gasteiger partial charge in [-0.15, -0.1) is 0 Å². The second-order valence-electron chi connectivity index (χ2n) is 9.33. The van der Waals surface area contributed by atoms with E-state index in [1.54, 1.807) is 0 Å². The molecule has 1 aromatic heterocycles. The van der Waals surface area contributed by atoms with Crippen molar-refractivity contribution in [3.8, 4) is 5.75 Å². The average Bonchev–Trinajstić information content (AvgIpc) is 3.37. The Bertz CT molecular complexity index is 1410. The Kier molecular flexibility index (Phi) is 7.97. The van der Waals surface area contributed by atoms with Crippen LogP contribution in [0.25, 0.3) is 10.9 Å². The molecule has 0 bridgehead atoms. The van der Waals surface area contributed by atoms with E-state index in [2.05, 4.69) is 65.8 Å². The molecule has 0 fully saturated rings. The van der Waals surface area contributed by atoms with Gasteiger partial charge in [0.1, 0.15) is 12.4 Å². The molecule has 0 unspecified atom stereocenters. The number of aryl methyl sites for hydroxylation is 1. The Morgan fingerprint density at radius 1 is 0.703 bits per heavy atom. The lowest BCUT2D eigenvalue weighted by molar-refractivity contribution is -0.131. The fourth-order valence-corrected chi connectivity index (χ4v) is 4.59. The lowest BCUT2D eigenvalue weighted by Gasteiger charge is -2.23. The van der Waals surface area contributed by atoms with Gasteiger partial charge in [0.2, 0.25) is 5.91 Å². The molecule has 0 aliphatic rings. The van der Waals surface area contributed by atoms with Gasteiger partial charge in [-0.1, -0.05) is 91.0 Å². The van der Waals surface area contributed by atoms with Crippen LogP contribution in [-0.4, -0.2) is 22.3 Å². The average molecular weight is 489 g/mol. The Morgan fingerprint density at radius 3 is 2.14 bits per heavy atom. The van der Waals surface area contributed by atoms with Gasteiger partial charge in [-0.05, 0) is 53.3 Å². The van der Waals surface area contributed by atoms with Gasteiger partial charge < -0.3 is 14.6 Å². The largest absolute Gasteiger partial charge is 0.489 e. The number of nitrogens with zero attached hydrogens (tertiary/aromatic N) is 1. The molecular formula is C33H32N2O2. The van der Waals surface area contributed by atoms with E-state index < -0.39 is 0 Å². The van der Waals surface area contributed by atoms with Crippen molar-refractivity contribution >= 4 is 16.8 Å². The highest BCUT2D eigenvalue weighted by Crippen LogP contribution is 2.20. The normalized spacial score (nSPS) is 10.9. The summed E-state index contributed by atoms with van der Waals surface area (Å²) in [6.07, 6.45) is 4.11. The van der Waals surface area contributed by atoms with Gasteiger partial charge in [0.05, 0.1) is 0 Å². The number of nitrogens with one attached hydrogen (secondary N) is 1. The number of hydrogen-bond donors (Lipinski definition) is 1. The first kappa shape index (κ1) is 24.4. The van der Waals surface area contributed by atoms with Crippen molar-refractivity contribution in [2.75, 3.05) is 6.54 Å². The molecule has 5 rings (SSSR count). The molecule has 0 radical (unpaired) electrons. The molecule has 5 aromatic rings. The number of amides is 1. The fraction of sp³-hybridized carbons (Fsp3) is 0.182. The molecule has 37 heavy (non-hydrogen) atoms. The van der Waals surface area contributed by atoms with Gasteiger partial charge in [-0.25, -0.2) is 0 Å². The third kappa shape index (κ3) is 6.68. The van der Waals surface area contributed by atoms with Crippen LogP contribution in [0.1, 0.15) is 28.7 Å². The smallest absolute Gasteiger partial charge is 0.223 e. The number of rotatable bonds is 11. The highest BCUT2D eigenvalue weighted by Gasteiger charge is 2.15. The number of benzene rings is 4. The highest BCUT2D eigenvalue weighted by molar-refractivity contribution is 5.83. The zero-order valence-electron chi connectivity index (χ0n) is 21.0. The topological polar surface area (TPSA) is 45.3 Å². The Balaban J connectivity index is 1.25. The van der Waals surface area contributed by atoms with Crippen LogP contribution in [-0.2, 0) is 30.8 Å². The van der Waals surface area contributed by atoms with Crippen LogP contribution in [0.3, 0.4) is 0 Å². The molecule has 4 aromatic carbocycles. The fourth-order valence-electron chi connectivity index (χ4n) is 4.59. The van der Waals surface area contributed by atoms with E-state index in [-0.39, 0.29) is 5.91 Å². The minimum absolute atomic E-state index is 0.174. The van der Waals surface area contributed by atoms with Gasteiger partial charge >= 0.3 is 0 Å². The number of carbonyl (C=O) groups excluding carboxylic acids is 1. The molecular weight excluding hydrogens is 456 g/mol. The predicted molar refractivity (Wildman–Crippen MR) is 149 cm³/mol. The third-order valence-corrected chi connectivity index (χ3v) is 6.69. The summed E-state index contributed by atoms with van der Waals surface area (Å²) in [5.74, 6) is 1.00. The molecule has 0 saturated carbocycles. The van der Waals surface area contributed by atoms with Crippen LogP contribution >= 0.6 is 0 Å². The minimum atomic E-state index is 0.174. The summed E-state index contributed by atoms with van der Waals surface area (Å²) in [7, 11) is 0. The Morgan fingerprint density at radius 2 is 1.38 bits per heavy atom. The van der Waals surface area contributed by atoms with Crippen LogP contribution in [0, 0.1) is 0 Å². The zero-order chi connectivity index (χ0) is 25.3. The quantitative estimate of drug-likeness (QED) is 0.219. The summed E-state index contributed by atoms with van der Waals surface area (Å²) >= 11 is 0. The van der Waals surface area contributed by atoms with Crippen LogP contribution in [0.5, 0.6) is 5.75 Å². The molecule has 1 amide bonds. The van der Waals surface area contributed by atoms with E-state index in [0.717, 1.165) is 35.2 Å². The lowest BCUT2D eigenvalue weighted by atomic mass is 10.1. The maximum absolute atomic E-state index is 13.4. The highest BCUT2D eigenvalue weighted by atomic mass is 16.5. The van der Waals surface area contributed by atoms with E-state index in [9.17, 15) is 4.79 Å². The Hall–Kier alpha value is -4.31. The van der Waals surface area contributed by atoms with E-state index in [4.69, 9.17) is 4.74 Å². The number of aromatic nitrogens is 1. The standard InChI is InChI=1S/C33H32N2O2/c36-33(20-17-26-9-3-1-4-10-26)35(22-21-29-23-34-32-14-8-7-13-31(29)32)24-27-15-18-30(19-16-27)37-25-28-11-5-2-6-12-28/h1-16,18-19,23,34H,17,20-22,24-25H2. The maximum atomic E-state index is 13.4. The molecule has 0 saturated heterocycles. The van der Waals surface area contributed by atoms with Crippen LogP contribution in [0.4, 0.5) is 0 Å². The number of fused-ring (bicyclic) bond motifs is 1. The van der Waals surface area contributed by atoms with Crippen LogP contribution in [0.2, 0.25) is 0 Å². The predicted octanol–water partition coefficient (Wildman–Crippen LogP) is 6.95. The SMILES string of the molecule is O=C(CCc1ccccc1)N(CCc1c[nH]c2ccccc12)Cc1ccc(OCc2ccccc2)cc1. The van der Waals surface area contributed by atoms with Crippen molar-refractivity contribution in [2.24, 2.45) is 0 Å². The van der Waals surface area contributed by atoms with Crippen LogP contribution < -0.4 is 4.74 Å². The molecule has 1 N–H and O–H groups in total. The third-order valence-electron chi connectivity index (χ3n) is 6.69. The molecule has 4 heteroatoms. The molecule has 0 aliphatic carbocycles. The van der Waals surface area contributed by atoms with Crippen molar-refractivity contribution in [2.45, 2.75) is 32.4 Å². The van der Waals surface area contributed by atoms with Crippen LogP contribution in [0.15, 0.2) is 115 Å². The molecule has 0 spiro atoms. The lowest BCUT2D eigenvalue weighted by Crippen LogP contribution is -2.32. The Labute approximate surface area is 218 Å². The van der Waals surface area contributed by atoms with Crippen molar-refractivity contribution in [3.05, 3.63) is 138 Å². The first-order chi connectivity index (χ1) is 18.2. The summed E-state index contributed by atoms with van der Waals surface area (Å²) in [5.41, 5.74) is 5.79. The number of ether oxygens (including phenoxy) is 1.